The van der Waals surface area contributed by atoms with Gasteiger partial charge in [-0.1, -0.05) is 74.5 Å². The zero-order chi connectivity index (χ0) is 36.9. The molecule has 0 aliphatic carbocycles. The predicted octanol–water partition coefficient (Wildman–Crippen LogP) is 0.304. The molecule has 2 aliphatic rings. The standard InChI is InChI=1S/C38H56N8O5/c1-25(2)17-32(36(49)42-31(15-9-10-16-39)38(51)46-22-28-20-45(24-34(41)47)21-29(28)23-46)44-37(50)33(19-27-13-7-4-8-14-27)43-35(48)30(40)18-26-11-5-3-6-12-26/h3-8,11-14,25,28-33H,9-10,15-24,39-40H2,1-2H3,(H2,41,47)(H,42,49)(H,43,48)(H,44,50). The summed E-state index contributed by atoms with van der Waals surface area (Å²) in [4.78, 5) is 70.4. The van der Waals surface area contributed by atoms with Crippen molar-refractivity contribution in [2.75, 3.05) is 39.3 Å². The van der Waals surface area contributed by atoms with Gasteiger partial charge in [-0.15, -0.1) is 0 Å². The Morgan fingerprint density at radius 2 is 1.25 bits per heavy atom. The lowest BCUT2D eigenvalue weighted by Crippen LogP contribution is -2.58. The second kappa shape index (κ2) is 19.3. The quantitative estimate of drug-likeness (QED) is 0.112. The van der Waals surface area contributed by atoms with E-state index in [4.69, 9.17) is 17.2 Å². The van der Waals surface area contributed by atoms with Gasteiger partial charge in [-0.3, -0.25) is 28.9 Å². The van der Waals surface area contributed by atoms with Gasteiger partial charge in [0.05, 0.1) is 12.6 Å². The third-order valence-electron chi connectivity index (χ3n) is 9.71. The van der Waals surface area contributed by atoms with Gasteiger partial charge in [0, 0.05) is 32.6 Å². The summed E-state index contributed by atoms with van der Waals surface area (Å²) in [5.74, 6) is -1.46. The molecule has 2 saturated heterocycles. The Hall–Kier alpha value is -4.33. The number of carbonyl (C=O) groups is 5. The van der Waals surface area contributed by atoms with Crippen molar-refractivity contribution in [3.05, 3.63) is 71.8 Å². The molecule has 0 spiro atoms. The molecule has 278 valence electrons. The van der Waals surface area contributed by atoms with Gasteiger partial charge in [0.25, 0.3) is 0 Å². The first-order valence-electron chi connectivity index (χ1n) is 18.2. The fourth-order valence-electron chi connectivity index (χ4n) is 7.14. The second-order valence-corrected chi connectivity index (χ2v) is 14.5. The molecule has 2 aromatic carbocycles. The molecule has 2 aromatic rings. The lowest BCUT2D eigenvalue weighted by atomic mass is 9.99. The van der Waals surface area contributed by atoms with Crippen LogP contribution in [0.5, 0.6) is 0 Å². The Balaban J connectivity index is 1.45. The Morgan fingerprint density at radius 1 is 0.725 bits per heavy atom. The van der Waals surface area contributed by atoms with Gasteiger partial charge in [0.2, 0.25) is 29.5 Å². The summed E-state index contributed by atoms with van der Waals surface area (Å²) >= 11 is 0. The van der Waals surface area contributed by atoms with Crippen LogP contribution in [0.4, 0.5) is 0 Å². The minimum atomic E-state index is -0.996. The van der Waals surface area contributed by atoms with E-state index in [1.165, 1.54) is 0 Å². The Labute approximate surface area is 301 Å². The van der Waals surface area contributed by atoms with Gasteiger partial charge in [-0.05, 0) is 67.5 Å². The van der Waals surface area contributed by atoms with Crippen molar-refractivity contribution < 1.29 is 24.0 Å². The molecule has 2 aliphatic heterocycles. The van der Waals surface area contributed by atoms with Gasteiger partial charge < -0.3 is 38.1 Å². The first-order chi connectivity index (χ1) is 24.4. The Morgan fingerprint density at radius 3 is 1.80 bits per heavy atom. The molecule has 2 heterocycles. The second-order valence-electron chi connectivity index (χ2n) is 14.5. The number of primary amides is 1. The highest BCUT2D eigenvalue weighted by molar-refractivity contribution is 5.95. The lowest BCUT2D eigenvalue weighted by molar-refractivity contribution is -0.137. The molecule has 4 rings (SSSR count). The first kappa shape index (κ1) is 39.5. The summed E-state index contributed by atoms with van der Waals surface area (Å²) < 4.78 is 0. The average molecular weight is 705 g/mol. The Bertz CT molecular complexity index is 1440. The van der Waals surface area contributed by atoms with Crippen molar-refractivity contribution in [1.82, 2.24) is 25.8 Å². The summed E-state index contributed by atoms with van der Waals surface area (Å²) in [6.07, 6.45) is 2.58. The number of carbonyl (C=O) groups excluding carboxylic acids is 5. The van der Waals surface area contributed by atoms with E-state index in [9.17, 15) is 24.0 Å². The zero-order valence-electron chi connectivity index (χ0n) is 30.0. The van der Waals surface area contributed by atoms with Crippen LogP contribution in [-0.4, -0.2) is 103 Å². The molecule has 0 bridgehead atoms. The molecule has 6 atom stereocenters. The molecule has 6 unspecified atom stereocenters. The molecule has 5 amide bonds. The van der Waals surface area contributed by atoms with Crippen LogP contribution >= 0.6 is 0 Å². The molecule has 0 saturated carbocycles. The molecule has 2 fully saturated rings. The monoisotopic (exact) mass is 704 g/mol. The minimum absolute atomic E-state index is 0.0372. The molecule has 51 heavy (non-hydrogen) atoms. The molecule has 13 heteroatoms. The number of hydrogen-bond donors (Lipinski definition) is 6. The highest BCUT2D eigenvalue weighted by Crippen LogP contribution is 2.31. The maximum atomic E-state index is 14.0. The molecular weight excluding hydrogens is 648 g/mol. The number of benzene rings is 2. The summed E-state index contributed by atoms with van der Waals surface area (Å²) in [5, 5.41) is 8.71. The van der Waals surface area contributed by atoms with Gasteiger partial charge in [0.1, 0.15) is 18.1 Å². The van der Waals surface area contributed by atoms with Crippen molar-refractivity contribution in [3.8, 4) is 0 Å². The maximum absolute atomic E-state index is 14.0. The highest BCUT2D eigenvalue weighted by atomic mass is 16.2. The van der Waals surface area contributed by atoms with Crippen LogP contribution in [0.3, 0.4) is 0 Å². The van der Waals surface area contributed by atoms with E-state index in [1.54, 1.807) is 0 Å². The highest BCUT2D eigenvalue weighted by Gasteiger charge is 2.43. The van der Waals surface area contributed by atoms with Crippen molar-refractivity contribution >= 4 is 29.5 Å². The van der Waals surface area contributed by atoms with Crippen LogP contribution < -0.4 is 33.2 Å². The van der Waals surface area contributed by atoms with Gasteiger partial charge in [-0.25, -0.2) is 0 Å². The van der Waals surface area contributed by atoms with Crippen molar-refractivity contribution in [2.24, 2.45) is 35.0 Å². The fraction of sp³-hybridized carbons (Fsp3) is 0.553. The lowest BCUT2D eigenvalue weighted by Gasteiger charge is -2.29. The summed E-state index contributed by atoms with van der Waals surface area (Å²) in [6.45, 7) is 7.05. The van der Waals surface area contributed by atoms with E-state index in [0.29, 0.717) is 64.8 Å². The van der Waals surface area contributed by atoms with E-state index >= 15 is 0 Å². The average Bonchev–Trinajstić information content (AvgIpc) is 3.66. The minimum Gasteiger partial charge on any atom is -0.369 e. The van der Waals surface area contributed by atoms with Gasteiger partial charge in [-0.2, -0.15) is 0 Å². The number of likely N-dealkylation sites (tertiary alicyclic amines) is 2. The topological polar surface area (TPSA) is 206 Å². The summed E-state index contributed by atoms with van der Waals surface area (Å²) in [7, 11) is 0. The zero-order valence-corrected chi connectivity index (χ0v) is 30.0. The van der Waals surface area contributed by atoms with Crippen LogP contribution in [0.25, 0.3) is 0 Å². The maximum Gasteiger partial charge on any atom is 0.245 e. The fourth-order valence-corrected chi connectivity index (χ4v) is 7.14. The predicted molar refractivity (Wildman–Crippen MR) is 196 cm³/mol. The smallest absolute Gasteiger partial charge is 0.245 e. The van der Waals surface area contributed by atoms with E-state index < -0.39 is 41.9 Å². The first-order valence-corrected chi connectivity index (χ1v) is 18.2. The largest absolute Gasteiger partial charge is 0.369 e. The van der Waals surface area contributed by atoms with E-state index in [0.717, 1.165) is 11.1 Å². The molecule has 0 aromatic heterocycles. The molecule has 0 radical (unpaired) electrons. The van der Waals surface area contributed by atoms with Crippen LogP contribution in [0, 0.1) is 17.8 Å². The van der Waals surface area contributed by atoms with E-state index in [2.05, 4.69) is 16.0 Å². The summed E-state index contributed by atoms with van der Waals surface area (Å²) in [5.41, 5.74) is 19.1. The van der Waals surface area contributed by atoms with E-state index in [1.807, 2.05) is 84.3 Å². The molecular formula is C38H56N8O5. The summed E-state index contributed by atoms with van der Waals surface area (Å²) in [6, 6.07) is 15.1. The van der Waals surface area contributed by atoms with Gasteiger partial charge >= 0.3 is 0 Å². The van der Waals surface area contributed by atoms with Crippen molar-refractivity contribution in [2.45, 2.75) is 76.5 Å². The van der Waals surface area contributed by atoms with Crippen LogP contribution in [0.15, 0.2) is 60.7 Å². The third kappa shape index (κ3) is 12.1. The molecule has 9 N–H and O–H groups in total. The number of amides is 5. The SMILES string of the molecule is CC(C)CC(NC(=O)C(Cc1ccccc1)NC(=O)C(N)Cc1ccccc1)C(=O)NC(CCCCN)C(=O)N1CC2CN(CC(N)=O)CC2C1. The normalized spacial score (nSPS) is 19.5. The van der Waals surface area contributed by atoms with Crippen LogP contribution in [-0.2, 0) is 36.8 Å². The third-order valence-corrected chi connectivity index (χ3v) is 9.71. The number of nitrogens with two attached hydrogens (primary N) is 3. The number of nitrogens with zero attached hydrogens (tertiary/aromatic N) is 2. The molecule has 13 nitrogen and oxygen atoms in total. The number of fused-ring (bicyclic) bond motifs is 1. The Kier molecular flexibility index (Phi) is 15.0. The van der Waals surface area contributed by atoms with Crippen molar-refractivity contribution in [3.63, 3.8) is 0 Å². The van der Waals surface area contributed by atoms with Crippen LogP contribution in [0.2, 0.25) is 0 Å². The number of nitrogens with one attached hydrogen (secondary N) is 3. The van der Waals surface area contributed by atoms with Gasteiger partial charge in [0.15, 0.2) is 0 Å². The number of hydrogen-bond acceptors (Lipinski definition) is 8. The number of unbranched alkanes of at least 4 members (excludes halogenated alkanes) is 1. The van der Waals surface area contributed by atoms with Crippen molar-refractivity contribution in [1.29, 1.82) is 0 Å². The van der Waals surface area contributed by atoms with Crippen LogP contribution in [0.1, 0.15) is 50.7 Å². The number of rotatable bonds is 19. The van der Waals surface area contributed by atoms with E-state index in [-0.39, 0.29) is 42.5 Å².